The summed E-state index contributed by atoms with van der Waals surface area (Å²) in [4.78, 5) is 12.9. The van der Waals surface area contributed by atoms with Crippen molar-refractivity contribution in [3.8, 4) is 11.5 Å². The molecule has 8 heteroatoms. The van der Waals surface area contributed by atoms with E-state index >= 15 is 0 Å². The highest BCUT2D eigenvalue weighted by molar-refractivity contribution is 7.89. The number of hydrogen-bond donors (Lipinski definition) is 1. The van der Waals surface area contributed by atoms with Gasteiger partial charge >= 0.3 is 0 Å². The lowest BCUT2D eigenvalue weighted by molar-refractivity contribution is 0.102. The van der Waals surface area contributed by atoms with E-state index in [1.807, 2.05) is 0 Å². The van der Waals surface area contributed by atoms with Crippen LogP contribution >= 0.6 is 0 Å². The fraction of sp³-hybridized carbons (Fsp3) is 0.409. The Hall–Kier alpha value is -2.58. The molecule has 0 atom stereocenters. The van der Waals surface area contributed by atoms with Gasteiger partial charge in [0, 0.05) is 24.7 Å². The minimum Gasteiger partial charge on any atom is -0.497 e. The number of nitrogens with zero attached hydrogens (tertiary/aromatic N) is 1. The van der Waals surface area contributed by atoms with Gasteiger partial charge in [0.2, 0.25) is 10.0 Å². The fourth-order valence-electron chi connectivity index (χ4n) is 2.62. The Morgan fingerprint density at radius 3 is 2.53 bits per heavy atom. The number of hydrogen-bond acceptors (Lipinski definition) is 5. The van der Waals surface area contributed by atoms with E-state index in [1.165, 1.54) is 30.6 Å². The number of methoxy groups -OCH3 is 1. The lowest BCUT2D eigenvalue weighted by Crippen LogP contribution is -2.33. The van der Waals surface area contributed by atoms with Gasteiger partial charge in [-0.05, 0) is 50.6 Å². The number of sulfonamides is 1. The van der Waals surface area contributed by atoms with Crippen LogP contribution in [0.15, 0.2) is 47.4 Å². The summed E-state index contributed by atoms with van der Waals surface area (Å²) in [6.45, 7) is 6.17. The Bertz CT molecular complexity index is 973. The first-order valence-electron chi connectivity index (χ1n) is 9.91. The number of amides is 1. The molecule has 0 aromatic heterocycles. The predicted molar refractivity (Wildman–Crippen MR) is 118 cm³/mol. The molecule has 0 aliphatic rings. The minimum absolute atomic E-state index is 0.0661. The van der Waals surface area contributed by atoms with Gasteiger partial charge in [-0.2, -0.15) is 4.31 Å². The predicted octanol–water partition coefficient (Wildman–Crippen LogP) is 4.16. The van der Waals surface area contributed by atoms with E-state index in [0.717, 1.165) is 12.8 Å². The molecular weight excluding hydrogens is 404 g/mol. The third kappa shape index (κ3) is 5.73. The first-order valence-corrected chi connectivity index (χ1v) is 11.3. The van der Waals surface area contributed by atoms with Crippen LogP contribution in [0.1, 0.15) is 44.0 Å². The molecule has 0 saturated heterocycles. The lowest BCUT2D eigenvalue weighted by atomic mass is 10.2. The smallest absolute Gasteiger partial charge is 0.255 e. The van der Waals surface area contributed by atoms with Crippen molar-refractivity contribution in [1.82, 2.24) is 4.31 Å². The van der Waals surface area contributed by atoms with Crippen molar-refractivity contribution in [2.24, 2.45) is 0 Å². The summed E-state index contributed by atoms with van der Waals surface area (Å²) in [5.41, 5.74) is 0.693. The van der Waals surface area contributed by atoms with Crippen molar-refractivity contribution in [3.63, 3.8) is 0 Å². The first-order chi connectivity index (χ1) is 14.2. The van der Waals surface area contributed by atoms with E-state index in [-0.39, 0.29) is 16.5 Å². The molecule has 0 bridgehead atoms. The average Bonchev–Trinajstić information content (AvgIpc) is 2.74. The lowest BCUT2D eigenvalue weighted by Gasteiger charge is -2.21. The summed E-state index contributed by atoms with van der Waals surface area (Å²) in [7, 11) is -0.636. The number of carbonyl (C=O) groups excluding carboxylic acids is 1. The molecule has 0 aliphatic carbocycles. The summed E-state index contributed by atoms with van der Waals surface area (Å²) in [5, 5.41) is 2.81. The number of unbranched alkanes of at least 4 members (excludes halogenated alkanes) is 1. The van der Waals surface area contributed by atoms with Gasteiger partial charge in [-0.25, -0.2) is 8.42 Å². The number of carbonyl (C=O) groups is 1. The monoisotopic (exact) mass is 434 g/mol. The van der Waals surface area contributed by atoms with Crippen LogP contribution in [0.2, 0.25) is 0 Å². The zero-order chi connectivity index (χ0) is 22.3. The quantitative estimate of drug-likeness (QED) is 0.568. The Morgan fingerprint density at radius 2 is 1.90 bits per heavy atom. The third-order valence-corrected chi connectivity index (χ3v) is 6.72. The number of anilines is 1. The number of nitrogens with one attached hydrogen (secondary N) is 1. The molecule has 0 radical (unpaired) electrons. The van der Waals surface area contributed by atoms with Gasteiger partial charge in [0.15, 0.2) is 0 Å². The molecular formula is C22H30N2O5S. The normalized spacial score (nSPS) is 11.6. The molecule has 164 valence electrons. The molecule has 0 aliphatic heterocycles. The van der Waals surface area contributed by atoms with Crippen LogP contribution in [0.4, 0.5) is 5.69 Å². The Labute approximate surface area is 179 Å². The maximum atomic E-state index is 12.9. The van der Waals surface area contributed by atoms with Crippen LogP contribution in [0, 0.1) is 0 Å². The van der Waals surface area contributed by atoms with Crippen LogP contribution in [-0.2, 0) is 10.0 Å². The fourth-order valence-corrected chi connectivity index (χ4v) is 4.04. The molecule has 0 heterocycles. The van der Waals surface area contributed by atoms with Gasteiger partial charge in [0.25, 0.3) is 5.91 Å². The van der Waals surface area contributed by atoms with Crippen LogP contribution in [-0.4, -0.2) is 45.4 Å². The summed E-state index contributed by atoms with van der Waals surface area (Å²) in [6, 6.07) is 11.0. The van der Waals surface area contributed by atoms with Crippen LogP contribution in [0.5, 0.6) is 11.5 Å². The maximum absolute atomic E-state index is 12.9. The van der Waals surface area contributed by atoms with Crippen LogP contribution in [0.25, 0.3) is 0 Å². The van der Waals surface area contributed by atoms with Crippen molar-refractivity contribution in [2.75, 3.05) is 26.1 Å². The minimum atomic E-state index is -3.69. The molecule has 2 rings (SSSR count). The molecule has 0 saturated carbocycles. The molecule has 0 spiro atoms. The topological polar surface area (TPSA) is 84.9 Å². The highest BCUT2D eigenvalue weighted by Crippen LogP contribution is 2.30. The molecule has 30 heavy (non-hydrogen) atoms. The summed E-state index contributed by atoms with van der Waals surface area (Å²) >= 11 is 0. The largest absolute Gasteiger partial charge is 0.497 e. The van der Waals surface area contributed by atoms with E-state index in [2.05, 4.69) is 12.2 Å². The Kier molecular flexibility index (Phi) is 8.25. The second-order valence-electron chi connectivity index (χ2n) is 7.16. The zero-order valence-electron chi connectivity index (χ0n) is 18.1. The van der Waals surface area contributed by atoms with Gasteiger partial charge in [0.05, 0.1) is 24.3 Å². The van der Waals surface area contributed by atoms with Crippen molar-refractivity contribution in [1.29, 1.82) is 0 Å². The van der Waals surface area contributed by atoms with E-state index in [9.17, 15) is 13.2 Å². The second kappa shape index (κ2) is 10.4. The first kappa shape index (κ1) is 23.7. The molecule has 2 aromatic carbocycles. The Balaban J connectivity index is 2.30. The summed E-state index contributed by atoms with van der Waals surface area (Å²) in [5.74, 6) is 0.664. The van der Waals surface area contributed by atoms with Crippen molar-refractivity contribution in [2.45, 2.75) is 44.6 Å². The maximum Gasteiger partial charge on any atom is 0.255 e. The van der Waals surface area contributed by atoms with Gasteiger partial charge in [-0.15, -0.1) is 0 Å². The zero-order valence-corrected chi connectivity index (χ0v) is 19.0. The van der Waals surface area contributed by atoms with E-state index < -0.39 is 15.9 Å². The van der Waals surface area contributed by atoms with Crippen LogP contribution < -0.4 is 14.8 Å². The van der Waals surface area contributed by atoms with E-state index in [0.29, 0.717) is 23.8 Å². The molecule has 1 N–H and O–H groups in total. The van der Waals surface area contributed by atoms with E-state index in [1.54, 1.807) is 44.2 Å². The number of benzene rings is 2. The molecule has 1 amide bonds. The highest BCUT2D eigenvalue weighted by atomic mass is 32.2. The molecule has 0 unspecified atom stereocenters. The second-order valence-corrected chi connectivity index (χ2v) is 9.16. The van der Waals surface area contributed by atoms with Gasteiger partial charge in [-0.3, -0.25) is 4.79 Å². The van der Waals surface area contributed by atoms with Gasteiger partial charge in [-0.1, -0.05) is 19.4 Å². The van der Waals surface area contributed by atoms with E-state index in [4.69, 9.17) is 9.47 Å². The summed E-state index contributed by atoms with van der Waals surface area (Å²) in [6.07, 6.45) is 1.88. The highest BCUT2D eigenvalue weighted by Gasteiger charge is 2.24. The number of ether oxygens (including phenoxy) is 2. The molecule has 7 nitrogen and oxygen atoms in total. The Morgan fingerprint density at radius 1 is 1.17 bits per heavy atom. The average molecular weight is 435 g/mol. The molecule has 0 fully saturated rings. The summed E-state index contributed by atoms with van der Waals surface area (Å²) < 4.78 is 37.8. The van der Waals surface area contributed by atoms with Crippen molar-refractivity contribution >= 4 is 21.6 Å². The SMILES string of the molecule is CCCCOc1ccc(OC)cc1NC(=O)c1cccc(S(=O)(=O)N(C)C(C)C)c1. The van der Waals surface area contributed by atoms with Crippen LogP contribution in [0.3, 0.4) is 0 Å². The third-order valence-electron chi connectivity index (χ3n) is 4.69. The van der Waals surface area contributed by atoms with Crippen molar-refractivity contribution in [3.05, 3.63) is 48.0 Å². The molecule has 2 aromatic rings. The van der Waals surface area contributed by atoms with Crippen molar-refractivity contribution < 1.29 is 22.7 Å². The number of rotatable bonds is 10. The standard InChI is InChI=1S/C22H30N2O5S/c1-6-7-13-29-21-12-11-18(28-5)15-20(21)23-22(25)17-9-8-10-19(14-17)30(26,27)24(4)16(2)3/h8-12,14-16H,6-7,13H2,1-5H3,(H,23,25). The van der Waals surface area contributed by atoms with Gasteiger partial charge < -0.3 is 14.8 Å². The van der Waals surface area contributed by atoms with Gasteiger partial charge in [0.1, 0.15) is 11.5 Å².